The lowest BCUT2D eigenvalue weighted by Crippen LogP contribution is -2.13. The van der Waals surface area contributed by atoms with E-state index in [-0.39, 0.29) is 5.82 Å². The monoisotopic (exact) mass is 295 g/mol. The first-order valence-corrected chi connectivity index (χ1v) is 8.53. The van der Waals surface area contributed by atoms with Crippen molar-refractivity contribution in [3.8, 4) is 0 Å². The van der Waals surface area contributed by atoms with Crippen LogP contribution < -0.4 is 0 Å². The van der Waals surface area contributed by atoms with Crippen molar-refractivity contribution >= 4 is 15.5 Å². The topological polar surface area (TPSA) is 0 Å². The Hall–Kier alpha value is -2.19. The van der Waals surface area contributed by atoms with Crippen LogP contribution in [0.25, 0.3) is 0 Å². The molecule has 0 N–H and O–H groups in total. The SMILES string of the molecule is C=[S+](c1ccccc1)(c1ccccc1)c1ccc(F)cc1. The van der Waals surface area contributed by atoms with Gasteiger partial charge < -0.3 is 0 Å². The summed E-state index contributed by atoms with van der Waals surface area (Å²) in [5, 5.41) is 0. The van der Waals surface area contributed by atoms with E-state index in [9.17, 15) is 4.39 Å². The molecule has 0 nitrogen and oxygen atoms in total. The first-order chi connectivity index (χ1) is 10.2. The van der Waals surface area contributed by atoms with Crippen molar-refractivity contribution in [3.63, 3.8) is 0 Å². The van der Waals surface area contributed by atoms with Crippen LogP contribution >= 0.6 is 0 Å². The molecule has 0 saturated heterocycles. The van der Waals surface area contributed by atoms with Gasteiger partial charge in [-0.2, -0.15) is 0 Å². The molecule has 0 amide bonds. The van der Waals surface area contributed by atoms with Crippen LogP contribution in [0, 0.1) is 5.82 Å². The maximum absolute atomic E-state index is 13.3. The minimum Gasteiger partial charge on any atom is -0.207 e. The Labute approximate surface area is 125 Å². The van der Waals surface area contributed by atoms with E-state index in [1.165, 1.54) is 21.9 Å². The van der Waals surface area contributed by atoms with Gasteiger partial charge in [0.1, 0.15) is 20.5 Å². The summed E-state index contributed by atoms with van der Waals surface area (Å²) in [6, 6.07) is 27.2. The fraction of sp³-hybridized carbons (Fsp3) is 0. The van der Waals surface area contributed by atoms with Gasteiger partial charge in [-0.15, -0.1) is 0 Å². The molecule has 0 aliphatic rings. The molecule has 0 heterocycles. The highest BCUT2D eigenvalue weighted by atomic mass is 32.2. The second-order valence-corrected chi connectivity index (χ2v) is 7.71. The third-order valence-corrected chi connectivity index (χ3v) is 6.74. The highest BCUT2D eigenvalue weighted by Crippen LogP contribution is 2.35. The van der Waals surface area contributed by atoms with E-state index >= 15 is 0 Å². The van der Waals surface area contributed by atoms with Crippen molar-refractivity contribution in [2.24, 2.45) is 0 Å². The molecule has 3 aromatic carbocycles. The van der Waals surface area contributed by atoms with Crippen molar-refractivity contribution in [1.82, 2.24) is 0 Å². The molecule has 0 fully saturated rings. The van der Waals surface area contributed by atoms with Gasteiger partial charge in [0.25, 0.3) is 0 Å². The fourth-order valence-electron chi connectivity index (χ4n) is 2.38. The predicted molar refractivity (Wildman–Crippen MR) is 88.6 cm³/mol. The largest absolute Gasteiger partial charge is 0.207 e. The van der Waals surface area contributed by atoms with Gasteiger partial charge in [0.15, 0.2) is 0 Å². The van der Waals surface area contributed by atoms with Gasteiger partial charge in [-0.1, -0.05) is 36.4 Å². The average Bonchev–Trinajstić information content (AvgIpc) is 2.56. The number of rotatable bonds is 3. The normalized spacial score (nSPS) is 11.3. The molecule has 0 aliphatic carbocycles. The maximum Gasteiger partial charge on any atom is 0.128 e. The van der Waals surface area contributed by atoms with Crippen molar-refractivity contribution in [1.29, 1.82) is 0 Å². The van der Waals surface area contributed by atoms with Gasteiger partial charge in [-0.05, 0) is 58.1 Å². The van der Waals surface area contributed by atoms with Crippen molar-refractivity contribution in [2.75, 3.05) is 0 Å². The second-order valence-electron chi connectivity index (χ2n) is 4.82. The number of halogens is 1. The van der Waals surface area contributed by atoms with E-state index in [1.807, 2.05) is 48.5 Å². The van der Waals surface area contributed by atoms with Gasteiger partial charge in [0.2, 0.25) is 0 Å². The molecule has 3 rings (SSSR count). The second kappa shape index (κ2) is 5.66. The van der Waals surface area contributed by atoms with Gasteiger partial charge in [0.05, 0.1) is 5.87 Å². The zero-order valence-corrected chi connectivity index (χ0v) is 12.4. The van der Waals surface area contributed by atoms with E-state index in [0.717, 1.165) is 4.90 Å². The van der Waals surface area contributed by atoms with Crippen molar-refractivity contribution in [3.05, 3.63) is 90.7 Å². The van der Waals surface area contributed by atoms with E-state index < -0.39 is 9.62 Å². The minimum atomic E-state index is -1.61. The van der Waals surface area contributed by atoms with Crippen LogP contribution in [0.5, 0.6) is 0 Å². The van der Waals surface area contributed by atoms with Gasteiger partial charge in [0, 0.05) is 0 Å². The molecular formula is C19H16FS+. The number of hydrogen-bond acceptors (Lipinski definition) is 0. The summed E-state index contributed by atoms with van der Waals surface area (Å²) in [6.07, 6.45) is 0. The molecule has 2 heteroatoms. The lowest BCUT2D eigenvalue weighted by atomic mass is 10.3. The first kappa shape index (κ1) is 13.8. The average molecular weight is 295 g/mol. The summed E-state index contributed by atoms with van der Waals surface area (Å²) < 4.78 is 13.3. The summed E-state index contributed by atoms with van der Waals surface area (Å²) in [4.78, 5) is 3.40. The van der Waals surface area contributed by atoms with E-state index in [2.05, 4.69) is 30.1 Å². The first-order valence-electron chi connectivity index (χ1n) is 6.73. The van der Waals surface area contributed by atoms with Gasteiger partial charge in [-0.25, -0.2) is 4.39 Å². The highest BCUT2D eigenvalue weighted by Gasteiger charge is 2.28. The minimum absolute atomic E-state index is 0.221. The molecule has 0 aliphatic heterocycles. The zero-order valence-electron chi connectivity index (χ0n) is 11.6. The number of benzene rings is 3. The molecule has 0 spiro atoms. The summed E-state index contributed by atoms with van der Waals surface area (Å²) in [6.45, 7) is 0. The molecular weight excluding hydrogens is 279 g/mol. The molecule has 21 heavy (non-hydrogen) atoms. The quantitative estimate of drug-likeness (QED) is 0.477. The van der Waals surface area contributed by atoms with Crippen LogP contribution in [0.3, 0.4) is 0 Å². The third kappa shape index (κ3) is 2.55. The van der Waals surface area contributed by atoms with Gasteiger partial charge >= 0.3 is 0 Å². The Kier molecular flexibility index (Phi) is 3.72. The molecule has 0 radical (unpaired) electrons. The molecule has 0 aromatic heterocycles. The van der Waals surface area contributed by atoms with E-state index in [1.54, 1.807) is 0 Å². The Morgan fingerprint density at radius 2 is 0.952 bits per heavy atom. The lowest BCUT2D eigenvalue weighted by Gasteiger charge is -2.19. The summed E-state index contributed by atoms with van der Waals surface area (Å²) in [5.41, 5.74) is 0. The Morgan fingerprint density at radius 3 is 1.38 bits per heavy atom. The summed E-state index contributed by atoms with van der Waals surface area (Å²) in [5.74, 6) is 4.35. The molecule has 104 valence electrons. The van der Waals surface area contributed by atoms with Gasteiger partial charge in [-0.3, -0.25) is 0 Å². The predicted octanol–water partition coefficient (Wildman–Crippen LogP) is 4.89. The lowest BCUT2D eigenvalue weighted by molar-refractivity contribution is 0.626. The smallest absolute Gasteiger partial charge is 0.128 e. The zero-order chi connectivity index (χ0) is 14.7. The molecule has 0 bridgehead atoms. The van der Waals surface area contributed by atoms with Crippen molar-refractivity contribution < 1.29 is 4.39 Å². The standard InChI is InChI=1S/C19H16FS/c1-21(17-8-4-2-5-9-17,18-10-6-3-7-11-18)19-14-12-16(20)13-15-19/h2-15H,1H2/q+1. The van der Waals surface area contributed by atoms with E-state index in [0.29, 0.717) is 0 Å². The van der Waals surface area contributed by atoms with Crippen LogP contribution in [0.2, 0.25) is 0 Å². The molecule has 0 atom stereocenters. The van der Waals surface area contributed by atoms with Crippen LogP contribution in [0.1, 0.15) is 0 Å². The van der Waals surface area contributed by atoms with Crippen molar-refractivity contribution in [2.45, 2.75) is 14.7 Å². The van der Waals surface area contributed by atoms with Crippen LogP contribution in [-0.4, -0.2) is 5.87 Å². The third-order valence-electron chi connectivity index (χ3n) is 3.51. The highest BCUT2D eigenvalue weighted by molar-refractivity contribution is 8.11. The Bertz CT molecular complexity index is 718. The molecule has 0 saturated carbocycles. The van der Waals surface area contributed by atoms with Crippen LogP contribution in [0.4, 0.5) is 4.39 Å². The maximum atomic E-state index is 13.3. The Balaban J connectivity index is 2.26. The van der Waals surface area contributed by atoms with Crippen LogP contribution in [0.15, 0.2) is 99.6 Å². The Morgan fingerprint density at radius 1 is 0.571 bits per heavy atom. The molecule has 3 aromatic rings. The number of hydrogen-bond donors (Lipinski definition) is 0. The van der Waals surface area contributed by atoms with Crippen LogP contribution in [-0.2, 0) is 9.62 Å². The van der Waals surface area contributed by atoms with E-state index in [4.69, 9.17) is 0 Å². The fourth-order valence-corrected chi connectivity index (χ4v) is 5.04. The summed E-state index contributed by atoms with van der Waals surface area (Å²) in [7, 11) is -1.61. The summed E-state index contributed by atoms with van der Waals surface area (Å²) >= 11 is 0. The molecule has 0 unspecified atom stereocenters.